The summed E-state index contributed by atoms with van der Waals surface area (Å²) in [5.74, 6) is 0. The summed E-state index contributed by atoms with van der Waals surface area (Å²) < 4.78 is 33.0. The van der Waals surface area contributed by atoms with Gasteiger partial charge in [-0.05, 0) is 19.4 Å². The van der Waals surface area contributed by atoms with Crippen LogP contribution in [-0.2, 0) is 14.8 Å². The minimum Gasteiger partial charge on any atom is -0.358 e. The van der Waals surface area contributed by atoms with Gasteiger partial charge in [0.2, 0.25) is 10.0 Å². The van der Waals surface area contributed by atoms with E-state index < -0.39 is 15.7 Å². The first-order chi connectivity index (χ1) is 9.96. The highest BCUT2D eigenvalue weighted by atomic mass is 32.2. The van der Waals surface area contributed by atoms with E-state index in [1.54, 1.807) is 19.1 Å². The maximum atomic E-state index is 12.9. The van der Waals surface area contributed by atoms with Gasteiger partial charge < -0.3 is 9.94 Å². The summed E-state index contributed by atoms with van der Waals surface area (Å²) in [4.78, 5) is 0.306. The van der Waals surface area contributed by atoms with Crippen molar-refractivity contribution in [3.8, 4) is 0 Å². The van der Waals surface area contributed by atoms with Crippen LogP contribution in [0.5, 0.6) is 0 Å². The zero-order chi connectivity index (χ0) is 15.5. The standard InChI is InChI=1S/C14H24N2O4S/c1-3-5-6-13(4-2)21(18,19)16-11-12-20-14(16)7-9-15(17)10-8-14/h4-6,17H,3,7-12H2,1-2H3/b6-5-,13-4+. The molecule has 0 unspecified atom stereocenters. The van der Waals surface area contributed by atoms with Crippen molar-refractivity contribution in [2.24, 2.45) is 0 Å². The van der Waals surface area contributed by atoms with Crippen LogP contribution in [0.15, 0.2) is 23.1 Å². The highest BCUT2D eigenvalue weighted by molar-refractivity contribution is 7.93. The lowest BCUT2D eigenvalue weighted by Gasteiger charge is -2.41. The normalized spacial score (nSPS) is 25.2. The van der Waals surface area contributed by atoms with E-state index in [-0.39, 0.29) is 0 Å². The van der Waals surface area contributed by atoms with Crippen LogP contribution in [-0.4, -0.2) is 55.0 Å². The average molecular weight is 316 g/mol. The Morgan fingerprint density at radius 1 is 1.33 bits per heavy atom. The van der Waals surface area contributed by atoms with Crippen LogP contribution in [0, 0.1) is 0 Å². The Hall–Kier alpha value is -0.730. The van der Waals surface area contributed by atoms with E-state index in [2.05, 4.69) is 0 Å². The number of nitrogens with zero attached hydrogens (tertiary/aromatic N) is 2. The molecule has 1 spiro atoms. The highest BCUT2D eigenvalue weighted by Crippen LogP contribution is 2.37. The predicted octanol–water partition coefficient (Wildman–Crippen LogP) is 1.70. The third-order valence-corrected chi connectivity index (χ3v) is 6.09. The molecule has 0 saturated carbocycles. The molecule has 7 heteroatoms. The summed E-state index contributed by atoms with van der Waals surface area (Å²) in [5.41, 5.74) is -0.799. The third kappa shape index (κ3) is 3.22. The lowest BCUT2D eigenvalue weighted by Crippen LogP contribution is -2.54. The molecule has 2 fully saturated rings. The van der Waals surface area contributed by atoms with Gasteiger partial charge in [-0.2, -0.15) is 9.37 Å². The number of hydroxylamine groups is 2. The first kappa shape index (κ1) is 16.6. The topological polar surface area (TPSA) is 70.1 Å². The van der Waals surface area contributed by atoms with Crippen LogP contribution in [0.25, 0.3) is 0 Å². The quantitative estimate of drug-likeness (QED) is 0.799. The number of piperidine rings is 1. The van der Waals surface area contributed by atoms with Crippen molar-refractivity contribution in [2.45, 2.75) is 38.8 Å². The fraction of sp³-hybridized carbons (Fsp3) is 0.714. The molecule has 0 aromatic rings. The molecule has 0 aromatic carbocycles. The van der Waals surface area contributed by atoms with Crippen molar-refractivity contribution in [3.63, 3.8) is 0 Å². The Labute approximate surface area is 126 Å². The van der Waals surface area contributed by atoms with E-state index in [4.69, 9.17) is 4.74 Å². The second-order valence-corrected chi connectivity index (χ2v) is 7.19. The first-order valence-electron chi connectivity index (χ1n) is 7.40. The molecule has 120 valence electrons. The van der Waals surface area contributed by atoms with Crippen LogP contribution in [0.3, 0.4) is 0 Å². The number of sulfonamides is 1. The Balaban J connectivity index is 2.28. The molecule has 2 aliphatic rings. The molecule has 1 N–H and O–H groups in total. The van der Waals surface area contributed by atoms with Gasteiger partial charge in [-0.1, -0.05) is 19.1 Å². The Morgan fingerprint density at radius 2 is 2.00 bits per heavy atom. The fourth-order valence-electron chi connectivity index (χ4n) is 2.86. The van der Waals surface area contributed by atoms with Gasteiger partial charge in [0, 0.05) is 32.5 Å². The fourth-order valence-corrected chi connectivity index (χ4v) is 4.67. The summed E-state index contributed by atoms with van der Waals surface area (Å²) in [6.45, 7) is 5.30. The number of rotatable bonds is 4. The van der Waals surface area contributed by atoms with Gasteiger partial charge in [-0.15, -0.1) is 0 Å². The van der Waals surface area contributed by atoms with Crippen molar-refractivity contribution in [1.82, 2.24) is 9.37 Å². The number of hydrogen-bond acceptors (Lipinski definition) is 5. The Morgan fingerprint density at radius 3 is 2.57 bits per heavy atom. The molecule has 6 nitrogen and oxygen atoms in total. The molecule has 2 heterocycles. The minimum atomic E-state index is -3.57. The maximum Gasteiger partial charge on any atom is 0.245 e. The van der Waals surface area contributed by atoms with Crippen molar-refractivity contribution < 1.29 is 18.4 Å². The van der Waals surface area contributed by atoms with E-state index in [1.165, 1.54) is 9.37 Å². The summed E-state index contributed by atoms with van der Waals surface area (Å²) in [5, 5.41) is 10.7. The van der Waals surface area contributed by atoms with Gasteiger partial charge in [-0.3, -0.25) is 0 Å². The van der Waals surface area contributed by atoms with Gasteiger partial charge in [0.05, 0.1) is 11.5 Å². The molecule has 0 aliphatic carbocycles. The second-order valence-electron chi connectivity index (χ2n) is 5.33. The predicted molar refractivity (Wildman–Crippen MR) is 80.1 cm³/mol. The molecule has 0 atom stereocenters. The molecule has 2 saturated heterocycles. The Kier molecular flexibility index (Phi) is 5.21. The number of allylic oxidation sites excluding steroid dienone is 3. The molecule has 2 rings (SSSR count). The third-order valence-electron chi connectivity index (χ3n) is 4.03. The SMILES string of the molecule is C/C=C(\C=C/CC)S(=O)(=O)N1CCOC12CCN(O)CC2. The van der Waals surface area contributed by atoms with Gasteiger partial charge >= 0.3 is 0 Å². The molecule has 0 aromatic heterocycles. The monoisotopic (exact) mass is 316 g/mol. The van der Waals surface area contributed by atoms with E-state index >= 15 is 0 Å². The van der Waals surface area contributed by atoms with E-state index in [1.807, 2.05) is 13.0 Å². The van der Waals surface area contributed by atoms with Gasteiger partial charge in [-0.25, -0.2) is 8.42 Å². The van der Waals surface area contributed by atoms with Crippen LogP contribution in [0.2, 0.25) is 0 Å². The van der Waals surface area contributed by atoms with Gasteiger partial charge in [0.1, 0.15) is 5.72 Å². The van der Waals surface area contributed by atoms with Crippen LogP contribution in [0.1, 0.15) is 33.1 Å². The molecule has 21 heavy (non-hydrogen) atoms. The van der Waals surface area contributed by atoms with Crippen LogP contribution < -0.4 is 0 Å². The number of hydrogen-bond donors (Lipinski definition) is 1. The molecule has 0 amide bonds. The molecule has 0 radical (unpaired) electrons. The van der Waals surface area contributed by atoms with Crippen molar-refractivity contribution in [2.75, 3.05) is 26.2 Å². The largest absolute Gasteiger partial charge is 0.358 e. The lowest BCUT2D eigenvalue weighted by atomic mass is 10.0. The summed E-state index contributed by atoms with van der Waals surface area (Å²) in [6, 6.07) is 0. The van der Waals surface area contributed by atoms with Crippen LogP contribution in [0.4, 0.5) is 0 Å². The second kappa shape index (κ2) is 6.58. The first-order valence-corrected chi connectivity index (χ1v) is 8.84. The van der Waals surface area contributed by atoms with E-state index in [9.17, 15) is 13.6 Å². The highest BCUT2D eigenvalue weighted by Gasteiger charge is 2.50. The molecular formula is C14H24N2O4S. The van der Waals surface area contributed by atoms with Crippen molar-refractivity contribution >= 4 is 10.0 Å². The molecule has 0 bridgehead atoms. The van der Waals surface area contributed by atoms with Gasteiger partial charge in [0.25, 0.3) is 0 Å². The lowest BCUT2D eigenvalue weighted by molar-refractivity contribution is -0.169. The van der Waals surface area contributed by atoms with Crippen molar-refractivity contribution in [3.05, 3.63) is 23.1 Å². The summed E-state index contributed by atoms with van der Waals surface area (Å²) >= 11 is 0. The average Bonchev–Trinajstić information content (AvgIpc) is 2.87. The molecule has 2 aliphatic heterocycles. The smallest absolute Gasteiger partial charge is 0.245 e. The van der Waals surface area contributed by atoms with Crippen LogP contribution >= 0.6 is 0 Å². The van der Waals surface area contributed by atoms with Crippen molar-refractivity contribution in [1.29, 1.82) is 0 Å². The van der Waals surface area contributed by atoms with E-state index in [0.29, 0.717) is 44.0 Å². The zero-order valence-corrected chi connectivity index (χ0v) is 13.5. The minimum absolute atomic E-state index is 0.306. The van der Waals surface area contributed by atoms with E-state index in [0.717, 1.165) is 6.42 Å². The number of ether oxygens (including phenoxy) is 1. The summed E-state index contributed by atoms with van der Waals surface area (Å²) in [6.07, 6.45) is 6.87. The molecular weight excluding hydrogens is 292 g/mol. The maximum absolute atomic E-state index is 12.9. The van der Waals surface area contributed by atoms with Gasteiger partial charge in [0.15, 0.2) is 0 Å². The summed E-state index contributed by atoms with van der Waals surface area (Å²) in [7, 11) is -3.57. The Bertz CT molecular complexity index is 519. The zero-order valence-electron chi connectivity index (χ0n) is 12.7.